The van der Waals surface area contributed by atoms with E-state index in [2.05, 4.69) is 15.6 Å². The van der Waals surface area contributed by atoms with Gasteiger partial charge < -0.3 is 22.1 Å². The van der Waals surface area contributed by atoms with Crippen molar-refractivity contribution < 1.29 is 9.59 Å². The van der Waals surface area contributed by atoms with E-state index >= 15 is 0 Å². The Bertz CT molecular complexity index is 779. The van der Waals surface area contributed by atoms with Crippen LogP contribution in [0, 0.1) is 6.92 Å². The van der Waals surface area contributed by atoms with Gasteiger partial charge in [-0.25, -0.2) is 4.98 Å². The van der Waals surface area contributed by atoms with Crippen LogP contribution in [0.15, 0.2) is 42.6 Å². The van der Waals surface area contributed by atoms with E-state index in [0.29, 0.717) is 25.2 Å². The fraction of sp³-hybridized carbons (Fsp3) is 0.350. The van der Waals surface area contributed by atoms with E-state index in [1.807, 2.05) is 37.3 Å². The zero-order valence-corrected chi connectivity index (χ0v) is 15.7. The molecule has 0 aliphatic carbocycles. The molecule has 1 heterocycles. The van der Waals surface area contributed by atoms with Gasteiger partial charge in [0, 0.05) is 12.7 Å². The van der Waals surface area contributed by atoms with Gasteiger partial charge in [-0.3, -0.25) is 9.59 Å². The predicted octanol–water partition coefficient (Wildman–Crippen LogP) is 1.05. The van der Waals surface area contributed by atoms with E-state index in [4.69, 9.17) is 11.5 Å². The molecule has 2 rings (SSSR count). The molecule has 0 bridgehead atoms. The Balaban J connectivity index is 1.77. The quantitative estimate of drug-likeness (QED) is 0.554. The van der Waals surface area contributed by atoms with Gasteiger partial charge in [0.15, 0.2) is 0 Å². The largest absolute Gasteiger partial charge is 0.384 e. The van der Waals surface area contributed by atoms with Crippen LogP contribution in [-0.4, -0.2) is 28.9 Å². The summed E-state index contributed by atoms with van der Waals surface area (Å²) < 4.78 is 0. The number of amides is 2. The number of rotatable bonds is 8. The molecule has 6 N–H and O–H groups in total. The zero-order chi connectivity index (χ0) is 19.8. The van der Waals surface area contributed by atoms with Crippen molar-refractivity contribution in [1.29, 1.82) is 0 Å². The summed E-state index contributed by atoms with van der Waals surface area (Å²) in [6.07, 6.45) is 2.85. The number of nitrogens with one attached hydrogen (secondary N) is 2. The smallest absolute Gasteiger partial charge is 0.242 e. The molecule has 1 aromatic heterocycles. The second-order valence-corrected chi connectivity index (χ2v) is 6.61. The van der Waals surface area contributed by atoms with Crippen LogP contribution in [0.2, 0.25) is 0 Å². The summed E-state index contributed by atoms with van der Waals surface area (Å²) in [6, 6.07) is 10.2. The average molecular weight is 369 g/mol. The summed E-state index contributed by atoms with van der Waals surface area (Å²) in [7, 11) is 0. The number of nitrogens with two attached hydrogens (primary N) is 2. The number of anilines is 1. The molecular weight excluding hydrogens is 342 g/mol. The van der Waals surface area contributed by atoms with Crippen LogP contribution in [0.1, 0.15) is 30.0 Å². The third-order valence-electron chi connectivity index (χ3n) is 4.37. The molecular formula is C20H27N5O2. The molecule has 0 fully saturated rings. The van der Waals surface area contributed by atoms with Gasteiger partial charge in [-0.05, 0) is 49.4 Å². The molecule has 0 unspecified atom stereocenters. The Kier molecular flexibility index (Phi) is 7.31. The highest BCUT2D eigenvalue weighted by atomic mass is 16.2. The van der Waals surface area contributed by atoms with Crippen molar-refractivity contribution in [3.05, 3.63) is 59.3 Å². The maximum atomic E-state index is 12.2. The first-order valence-electron chi connectivity index (χ1n) is 8.95. The first-order chi connectivity index (χ1) is 12.9. The minimum atomic E-state index is -0.678. The number of carbonyl (C=O) groups excluding carboxylic acids is 2. The molecule has 7 heteroatoms. The molecule has 2 aromatic rings. The molecule has 2 atom stereocenters. The second-order valence-electron chi connectivity index (χ2n) is 6.61. The predicted molar refractivity (Wildman–Crippen MR) is 106 cm³/mol. The highest BCUT2D eigenvalue weighted by molar-refractivity contribution is 5.89. The normalized spacial score (nSPS) is 12.9. The number of benzene rings is 1. The molecule has 144 valence electrons. The van der Waals surface area contributed by atoms with Crippen LogP contribution in [0.25, 0.3) is 0 Å². The first kappa shape index (κ1) is 20.4. The minimum absolute atomic E-state index is 0.283. The van der Waals surface area contributed by atoms with E-state index in [1.165, 1.54) is 0 Å². The molecule has 7 nitrogen and oxygen atoms in total. The molecule has 0 aliphatic rings. The van der Waals surface area contributed by atoms with Gasteiger partial charge in [0.2, 0.25) is 11.8 Å². The molecule has 0 aliphatic heterocycles. The number of aromatic nitrogens is 1. The topological polar surface area (TPSA) is 123 Å². The Hall–Kier alpha value is -2.93. The van der Waals surface area contributed by atoms with Crippen LogP contribution < -0.4 is 22.1 Å². The van der Waals surface area contributed by atoms with Gasteiger partial charge in [0.25, 0.3) is 0 Å². The molecule has 0 saturated carbocycles. The standard InChI is InChI=1S/C20H27N5O2/c1-13-10-18(22)23-11-16(13)12-24-19(26)14(2)25-20(27)17(21)9-8-15-6-4-3-5-7-15/h3-7,10-11,14,17H,8-9,12,21H2,1-2H3,(H2,22,23)(H,24,26)(H,25,27)/t14-,17+/m0/s1. The lowest BCUT2D eigenvalue weighted by Crippen LogP contribution is -2.50. The van der Waals surface area contributed by atoms with Gasteiger partial charge in [-0.1, -0.05) is 30.3 Å². The van der Waals surface area contributed by atoms with Gasteiger partial charge in [0.05, 0.1) is 6.04 Å². The summed E-state index contributed by atoms with van der Waals surface area (Å²) in [5.74, 6) is -0.179. The van der Waals surface area contributed by atoms with Gasteiger partial charge in [0.1, 0.15) is 11.9 Å². The lowest BCUT2D eigenvalue weighted by Gasteiger charge is -2.18. The molecule has 2 amide bonds. The Morgan fingerprint density at radius 2 is 1.89 bits per heavy atom. The van der Waals surface area contributed by atoms with E-state index in [1.54, 1.807) is 19.2 Å². The summed E-state index contributed by atoms with van der Waals surface area (Å²) in [4.78, 5) is 28.4. The number of aryl methyl sites for hydroxylation is 2. The molecule has 27 heavy (non-hydrogen) atoms. The first-order valence-corrected chi connectivity index (χ1v) is 8.95. The summed E-state index contributed by atoms with van der Waals surface area (Å²) in [6.45, 7) is 3.85. The SMILES string of the molecule is Cc1cc(N)ncc1CNC(=O)[C@H](C)NC(=O)[C@H](N)CCc1ccccc1. The molecule has 1 aromatic carbocycles. The van der Waals surface area contributed by atoms with Gasteiger partial charge >= 0.3 is 0 Å². The fourth-order valence-electron chi connectivity index (χ4n) is 2.61. The molecule has 0 saturated heterocycles. The lowest BCUT2D eigenvalue weighted by atomic mass is 10.1. The molecule has 0 spiro atoms. The highest BCUT2D eigenvalue weighted by Crippen LogP contribution is 2.09. The van der Waals surface area contributed by atoms with E-state index in [0.717, 1.165) is 16.7 Å². The maximum absolute atomic E-state index is 12.2. The number of nitrogens with zero attached hydrogens (tertiary/aromatic N) is 1. The summed E-state index contributed by atoms with van der Waals surface area (Å²) in [5.41, 5.74) is 14.5. The monoisotopic (exact) mass is 369 g/mol. The highest BCUT2D eigenvalue weighted by Gasteiger charge is 2.20. The number of hydrogen-bond acceptors (Lipinski definition) is 5. The van der Waals surface area contributed by atoms with Crippen molar-refractivity contribution in [3.8, 4) is 0 Å². The number of carbonyl (C=O) groups is 2. The van der Waals surface area contributed by atoms with Crippen molar-refractivity contribution in [2.24, 2.45) is 5.73 Å². The van der Waals surface area contributed by atoms with Crippen molar-refractivity contribution in [1.82, 2.24) is 15.6 Å². The Morgan fingerprint density at radius 3 is 2.56 bits per heavy atom. The van der Waals surface area contributed by atoms with E-state index in [-0.39, 0.29) is 11.8 Å². The lowest BCUT2D eigenvalue weighted by molar-refractivity contribution is -0.129. The van der Waals surface area contributed by atoms with Gasteiger partial charge in [-0.15, -0.1) is 0 Å². The Morgan fingerprint density at radius 1 is 1.19 bits per heavy atom. The summed E-state index contributed by atoms with van der Waals surface area (Å²) in [5, 5.41) is 5.45. The second kappa shape index (κ2) is 9.68. The zero-order valence-electron chi connectivity index (χ0n) is 15.7. The minimum Gasteiger partial charge on any atom is -0.384 e. The third-order valence-corrected chi connectivity index (χ3v) is 4.37. The van der Waals surface area contributed by atoms with E-state index in [9.17, 15) is 9.59 Å². The molecule has 0 radical (unpaired) electrons. The van der Waals surface area contributed by atoms with Gasteiger partial charge in [-0.2, -0.15) is 0 Å². The van der Waals surface area contributed by atoms with Crippen LogP contribution in [-0.2, 0) is 22.6 Å². The number of hydrogen-bond donors (Lipinski definition) is 4. The third kappa shape index (κ3) is 6.38. The number of pyridine rings is 1. The van der Waals surface area contributed by atoms with Crippen molar-refractivity contribution in [2.45, 2.75) is 45.3 Å². The van der Waals surface area contributed by atoms with Crippen LogP contribution >= 0.6 is 0 Å². The van der Waals surface area contributed by atoms with Crippen molar-refractivity contribution in [2.75, 3.05) is 5.73 Å². The maximum Gasteiger partial charge on any atom is 0.242 e. The Labute approximate surface area is 159 Å². The summed E-state index contributed by atoms with van der Waals surface area (Å²) >= 11 is 0. The van der Waals surface area contributed by atoms with E-state index < -0.39 is 12.1 Å². The fourth-order valence-corrected chi connectivity index (χ4v) is 2.61. The number of nitrogen functional groups attached to an aromatic ring is 1. The van der Waals surface area contributed by atoms with Crippen LogP contribution in [0.4, 0.5) is 5.82 Å². The van der Waals surface area contributed by atoms with Crippen LogP contribution in [0.5, 0.6) is 0 Å². The van der Waals surface area contributed by atoms with Crippen molar-refractivity contribution in [3.63, 3.8) is 0 Å². The van der Waals surface area contributed by atoms with Crippen molar-refractivity contribution >= 4 is 17.6 Å². The average Bonchev–Trinajstić information content (AvgIpc) is 2.65. The van der Waals surface area contributed by atoms with Crippen LogP contribution in [0.3, 0.4) is 0 Å².